The van der Waals surface area contributed by atoms with Crippen LogP contribution in [0.2, 0.25) is 0 Å². The fraction of sp³-hybridized carbons (Fsp3) is 0.333. The average Bonchev–Trinajstić information content (AvgIpc) is 2.80. The predicted octanol–water partition coefficient (Wildman–Crippen LogP) is 2.56. The highest BCUT2D eigenvalue weighted by Crippen LogP contribution is 2.34. The third-order valence-corrected chi connectivity index (χ3v) is 4.62. The molecule has 1 N–H and O–H groups in total. The minimum atomic E-state index is 0.0450. The molecule has 4 nitrogen and oxygen atoms in total. The molecule has 1 heterocycles. The number of rotatable bonds is 4. The SMILES string of the molecule is Cc1ccc(Sc2nnc(N(C)C)s2)c(CO)c1. The molecule has 0 amide bonds. The molecule has 0 saturated heterocycles. The standard InChI is InChI=1S/C12H15N3OS2/c1-8-4-5-10(9(6-8)7-16)17-12-14-13-11(18-12)15(2)3/h4-6,16H,7H2,1-3H3. The summed E-state index contributed by atoms with van der Waals surface area (Å²) in [7, 11) is 3.89. The van der Waals surface area contributed by atoms with Gasteiger partial charge >= 0.3 is 0 Å². The number of hydrogen-bond acceptors (Lipinski definition) is 6. The Kier molecular flexibility index (Phi) is 4.21. The average molecular weight is 281 g/mol. The van der Waals surface area contributed by atoms with Crippen LogP contribution in [-0.2, 0) is 6.61 Å². The van der Waals surface area contributed by atoms with E-state index in [1.807, 2.05) is 44.1 Å². The predicted molar refractivity (Wildman–Crippen MR) is 75.5 cm³/mol. The number of benzene rings is 1. The molecule has 2 aromatic rings. The maximum absolute atomic E-state index is 9.36. The largest absolute Gasteiger partial charge is 0.392 e. The molecule has 0 aliphatic carbocycles. The maximum atomic E-state index is 9.36. The van der Waals surface area contributed by atoms with Crippen molar-refractivity contribution in [3.8, 4) is 0 Å². The normalized spacial score (nSPS) is 10.7. The lowest BCUT2D eigenvalue weighted by Crippen LogP contribution is -2.07. The summed E-state index contributed by atoms with van der Waals surface area (Å²) in [6, 6.07) is 6.05. The summed E-state index contributed by atoms with van der Waals surface area (Å²) < 4.78 is 0.886. The zero-order valence-electron chi connectivity index (χ0n) is 10.5. The van der Waals surface area contributed by atoms with Crippen molar-refractivity contribution in [1.82, 2.24) is 10.2 Å². The lowest BCUT2D eigenvalue weighted by molar-refractivity contribution is 0.279. The van der Waals surface area contributed by atoms with Crippen LogP contribution >= 0.6 is 23.1 Å². The quantitative estimate of drug-likeness (QED) is 0.933. The molecule has 0 atom stereocenters. The molecule has 0 saturated carbocycles. The molecule has 0 spiro atoms. The molecule has 18 heavy (non-hydrogen) atoms. The first-order chi connectivity index (χ1) is 8.60. The minimum absolute atomic E-state index is 0.0450. The van der Waals surface area contributed by atoms with Crippen LogP contribution in [0.4, 0.5) is 5.13 Å². The van der Waals surface area contributed by atoms with Crippen LogP contribution in [0.3, 0.4) is 0 Å². The Balaban J connectivity index is 2.22. The van der Waals surface area contributed by atoms with E-state index < -0.39 is 0 Å². The van der Waals surface area contributed by atoms with E-state index in [4.69, 9.17) is 0 Å². The number of hydrogen-bond donors (Lipinski definition) is 1. The van der Waals surface area contributed by atoms with Gasteiger partial charge in [0.25, 0.3) is 0 Å². The van der Waals surface area contributed by atoms with E-state index in [2.05, 4.69) is 10.2 Å². The summed E-state index contributed by atoms with van der Waals surface area (Å²) in [5.74, 6) is 0. The fourth-order valence-electron chi connectivity index (χ4n) is 1.45. The first-order valence-electron chi connectivity index (χ1n) is 5.49. The van der Waals surface area contributed by atoms with E-state index in [0.717, 1.165) is 25.5 Å². The first-order valence-corrected chi connectivity index (χ1v) is 7.12. The van der Waals surface area contributed by atoms with Gasteiger partial charge in [0.2, 0.25) is 5.13 Å². The Morgan fingerprint density at radius 3 is 2.72 bits per heavy atom. The van der Waals surface area contributed by atoms with Crippen molar-refractivity contribution in [2.24, 2.45) is 0 Å². The van der Waals surface area contributed by atoms with Gasteiger partial charge in [0.15, 0.2) is 4.34 Å². The van der Waals surface area contributed by atoms with Gasteiger partial charge < -0.3 is 10.0 Å². The van der Waals surface area contributed by atoms with Gasteiger partial charge in [-0.2, -0.15) is 0 Å². The Morgan fingerprint density at radius 1 is 1.33 bits per heavy atom. The minimum Gasteiger partial charge on any atom is -0.392 e. The van der Waals surface area contributed by atoms with Crippen molar-refractivity contribution in [2.75, 3.05) is 19.0 Å². The van der Waals surface area contributed by atoms with Crippen LogP contribution < -0.4 is 4.90 Å². The van der Waals surface area contributed by atoms with Crippen LogP contribution in [0.25, 0.3) is 0 Å². The van der Waals surface area contributed by atoms with E-state index in [-0.39, 0.29) is 6.61 Å². The van der Waals surface area contributed by atoms with Gasteiger partial charge in [-0.1, -0.05) is 40.8 Å². The third kappa shape index (κ3) is 3.01. The van der Waals surface area contributed by atoms with Crippen molar-refractivity contribution >= 4 is 28.2 Å². The van der Waals surface area contributed by atoms with Gasteiger partial charge in [0.1, 0.15) is 0 Å². The van der Waals surface area contributed by atoms with Crippen LogP contribution in [0.1, 0.15) is 11.1 Å². The monoisotopic (exact) mass is 281 g/mol. The molecule has 6 heteroatoms. The number of aromatic nitrogens is 2. The Labute approximate surface area is 115 Å². The van der Waals surface area contributed by atoms with E-state index in [1.165, 1.54) is 0 Å². The molecule has 0 unspecified atom stereocenters. The third-order valence-electron chi connectivity index (χ3n) is 2.36. The highest BCUT2D eigenvalue weighted by atomic mass is 32.2. The van der Waals surface area contributed by atoms with E-state index >= 15 is 0 Å². The Bertz CT molecular complexity index is 540. The summed E-state index contributed by atoms with van der Waals surface area (Å²) in [5.41, 5.74) is 2.08. The Morgan fingerprint density at radius 2 is 2.11 bits per heavy atom. The van der Waals surface area contributed by atoms with Gasteiger partial charge in [-0.25, -0.2) is 0 Å². The fourth-order valence-corrected chi connectivity index (χ4v) is 3.27. The maximum Gasteiger partial charge on any atom is 0.208 e. The number of nitrogens with zero attached hydrogens (tertiary/aromatic N) is 3. The summed E-state index contributed by atoms with van der Waals surface area (Å²) in [4.78, 5) is 2.97. The smallest absolute Gasteiger partial charge is 0.208 e. The highest BCUT2D eigenvalue weighted by molar-refractivity contribution is 8.01. The van der Waals surface area contributed by atoms with Crippen LogP contribution in [-0.4, -0.2) is 29.4 Å². The molecule has 1 aromatic carbocycles. The number of aryl methyl sites for hydroxylation is 1. The Hall–Kier alpha value is -1.11. The number of anilines is 1. The topological polar surface area (TPSA) is 49.2 Å². The molecule has 1 aromatic heterocycles. The molecule has 0 aliphatic rings. The second-order valence-corrected chi connectivity index (χ2v) is 6.36. The molecule has 0 radical (unpaired) electrons. The van der Waals surface area contributed by atoms with Gasteiger partial charge in [-0.15, -0.1) is 10.2 Å². The number of aliphatic hydroxyl groups is 1. The highest BCUT2D eigenvalue weighted by Gasteiger charge is 2.10. The molecule has 96 valence electrons. The zero-order valence-corrected chi connectivity index (χ0v) is 12.2. The molecule has 2 rings (SSSR count). The summed E-state index contributed by atoms with van der Waals surface area (Å²) in [6.07, 6.45) is 0. The van der Waals surface area contributed by atoms with Crippen molar-refractivity contribution < 1.29 is 5.11 Å². The lowest BCUT2D eigenvalue weighted by atomic mass is 10.1. The van der Waals surface area contributed by atoms with Crippen LogP contribution in [0.5, 0.6) is 0 Å². The van der Waals surface area contributed by atoms with E-state index in [1.54, 1.807) is 23.1 Å². The molecule has 0 bridgehead atoms. The molecule has 0 fully saturated rings. The van der Waals surface area contributed by atoms with E-state index in [0.29, 0.717) is 0 Å². The molecular weight excluding hydrogens is 266 g/mol. The van der Waals surface area contributed by atoms with Crippen molar-refractivity contribution in [3.63, 3.8) is 0 Å². The van der Waals surface area contributed by atoms with Crippen LogP contribution in [0, 0.1) is 6.92 Å². The van der Waals surface area contributed by atoms with Crippen molar-refractivity contribution in [1.29, 1.82) is 0 Å². The van der Waals surface area contributed by atoms with Crippen molar-refractivity contribution in [2.45, 2.75) is 22.8 Å². The van der Waals surface area contributed by atoms with Gasteiger partial charge in [-0.05, 0) is 18.6 Å². The second kappa shape index (κ2) is 5.69. The van der Waals surface area contributed by atoms with E-state index in [9.17, 15) is 5.11 Å². The lowest BCUT2D eigenvalue weighted by Gasteiger charge is -2.06. The van der Waals surface area contributed by atoms with Gasteiger partial charge in [-0.3, -0.25) is 0 Å². The summed E-state index contributed by atoms with van der Waals surface area (Å²) in [5, 5.41) is 18.5. The summed E-state index contributed by atoms with van der Waals surface area (Å²) >= 11 is 3.09. The van der Waals surface area contributed by atoms with Crippen LogP contribution in [0.15, 0.2) is 27.4 Å². The first kappa shape index (κ1) is 13.3. The molecule has 0 aliphatic heterocycles. The van der Waals surface area contributed by atoms with Gasteiger partial charge in [0.05, 0.1) is 6.61 Å². The second-order valence-electron chi connectivity index (χ2n) is 4.12. The van der Waals surface area contributed by atoms with Gasteiger partial charge in [0, 0.05) is 19.0 Å². The van der Waals surface area contributed by atoms with Crippen molar-refractivity contribution in [3.05, 3.63) is 29.3 Å². The zero-order chi connectivity index (χ0) is 13.1. The number of aliphatic hydroxyl groups excluding tert-OH is 1. The molecular formula is C12H15N3OS2. The summed E-state index contributed by atoms with van der Waals surface area (Å²) in [6.45, 7) is 2.06.